The molecule has 0 saturated heterocycles. The molecule has 3 heterocycles. The topological polar surface area (TPSA) is 25.6 Å². The van der Waals surface area contributed by atoms with Crippen LogP contribution in [0.2, 0.25) is 0 Å². The monoisotopic (exact) mass is 623 g/mol. The van der Waals surface area contributed by atoms with Crippen LogP contribution >= 0.6 is 0 Å². The third-order valence-electron chi connectivity index (χ3n) is 10.4. The second-order valence-corrected chi connectivity index (χ2v) is 13.1. The number of fused-ring (bicyclic) bond motifs is 10. The molecule has 0 bridgehead atoms. The Morgan fingerprint density at radius 1 is 0.327 bits per heavy atom. The molecule has 0 spiro atoms. The van der Waals surface area contributed by atoms with E-state index in [1.54, 1.807) is 0 Å². The fourth-order valence-corrected chi connectivity index (χ4v) is 8.22. The van der Waals surface area contributed by atoms with E-state index in [2.05, 4.69) is 184 Å². The van der Waals surface area contributed by atoms with Gasteiger partial charge in [-0.1, -0.05) is 121 Å². The Labute approximate surface area is 281 Å². The molecule has 0 aliphatic heterocycles. The highest BCUT2D eigenvalue weighted by molar-refractivity contribution is 6.13. The van der Waals surface area contributed by atoms with E-state index in [0.717, 1.165) is 16.7 Å². The number of aromatic amines is 1. The van der Waals surface area contributed by atoms with Crippen LogP contribution in [-0.4, -0.2) is 14.1 Å². The van der Waals surface area contributed by atoms with Crippen molar-refractivity contribution in [3.63, 3.8) is 0 Å². The predicted octanol–water partition coefficient (Wildman–Crippen LogP) is 12.3. The standard InChI is InChI=1S/C46H29N3/c1-2-12-33-29(10-1)11-9-19-42(33)49-44-18-8-5-15-37(44)39-24-21-31(27-46(39)49)30-20-23-38-36-14-4-7-17-43(36)48(45(38)26-30)32-22-25-35-34-13-3-6-16-40(34)47-41(35)28-32/h1-28,47H. The minimum atomic E-state index is 1.15. The Morgan fingerprint density at radius 2 is 0.857 bits per heavy atom. The molecular weight excluding hydrogens is 595 g/mol. The van der Waals surface area contributed by atoms with Crippen molar-refractivity contribution in [3.8, 4) is 22.5 Å². The van der Waals surface area contributed by atoms with Gasteiger partial charge in [-0.3, -0.25) is 0 Å². The van der Waals surface area contributed by atoms with Gasteiger partial charge in [0.1, 0.15) is 0 Å². The fraction of sp³-hybridized carbons (Fsp3) is 0. The molecular formula is C46H29N3. The highest BCUT2D eigenvalue weighted by Crippen LogP contribution is 2.39. The largest absolute Gasteiger partial charge is 0.354 e. The third kappa shape index (κ3) is 3.78. The molecule has 3 heteroatoms. The Hall–Kier alpha value is -6.58. The van der Waals surface area contributed by atoms with Gasteiger partial charge in [-0.2, -0.15) is 0 Å². The summed E-state index contributed by atoms with van der Waals surface area (Å²) < 4.78 is 4.87. The van der Waals surface area contributed by atoms with Crippen LogP contribution in [0.5, 0.6) is 0 Å². The lowest BCUT2D eigenvalue weighted by molar-refractivity contribution is 1.18. The lowest BCUT2D eigenvalue weighted by Gasteiger charge is -2.12. The first kappa shape index (κ1) is 26.5. The summed E-state index contributed by atoms with van der Waals surface area (Å²) >= 11 is 0. The van der Waals surface area contributed by atoms with Gasteiger partial charge in [0.2, 0.25) is 0 Å². The highest BCUT2D eigenvalue weighted by Gasteiger charge is 2.17. The van der Waals surface area contributed by atoms with Crippen LogP contribution in [0.25, 0.3) is 98.7 Å². The van der Waals surface area contributed by atoms with E-state index in [-0.39, 0.29) is 0 Å². The summed E-state index contributed by atoms with van der Waals surface area (Å²) in [6.07, 6.45) is 0. The summed E-state index contributed by atoms with van der Waals surface area (Å²) in [6, 6.07) is 62.1. The number of benzene rings is 8. The maximum absolute atomic E-state index is 3.66. The summed E-state index contributed by atoms with van der Waals surface area (Å²) in [7, 11) is 0. The third-order valence-corrected chi connectivity index (χ3v) is 10.4. The van der Waals surface area contributed by atoms with Gasteiger partial charge in [-0.25, -0.2) is 0 Å². The molecule has 0 atom stereocenters. The molecule has 49 heavy (non-hydrogen) atoms. The van der Waals surface area contributed by atoms with Crippen LogP contribution in [0, 0.1) is 0 Å². The van der Waals surface area contributed by atoms with Gasteiger partial charge in [0.15, 0.2) is 0 Å². The van der Waals surface area contributed by atoms with E-state index in [1.165, 1.54) is 82.0 Å². The maximum atomic E-state index is 3.66. The Balaban J connectivity index is 1.15. The summed E-state index contributed by atoms with van der Waals surface area (Å²) in [6.45, 7) is 0. The van der Waals surface area contributed by atoms with Crippen LogP contribution in [0.1, 0.15) is 0 Å². The SMILES string of the molecule is c1ccc2c(-n3c4ccccc4c4ccc(-c5ccc6c7ccccc7n(-c7ccc8c(c7)[nH]c7ccccc78)c6c5)cc43)cccc2c1. The number of hydrogen-bond acceptors (Lipinski definition) is 0. The Kier molecular flexibility index (Phi) is 5.38. The van der Waals surface area contributed by atoms with Crippen molar-refractivity contribution in [3.05, 3.63) is 170 Å². The van der Waals surface area contributed by atoms with Crippen molar-refractivity contribution >= 4 is 76.2 Å². The second-order valence-electron chi connectivity index (χ2n) is 13.1. The van der Waals surface area contributed by atoms with Crippen molar-refractivity contribution in [1.82, 2.24) is 14.1 Å². The van der Waals surface area contributed by atoms with Gasteiger partial charge >= 0.3 is 0 Å². The predicted molar refractivity (Wildman–Crippen MR) is 207 cm³/mol. The highest BCUT2D eigenvalue weighted by atomic mass is 15.0. The van der Waals surface area contributed by atoms with E-state index in [1.807, 2.05) is 0 Å². The van der Waals surface area contributed by atoms with Crippen molar-refractivity contribution in [2.24, 2.45) is 0 Å². The number of nitrogens with one attached hydrogen (secondary N) is 1. The summed E-state index contributed by atoms with van der Waals surface area (Å²) in [5.41, 5.74) is 11.9. The quantitative estimate of drug-likeness (QED) is 0.203. The lowest BCUT2D eigenvalue weighted by atomic mass is 10.0. The zero-order valence-electron chi connectivity index (χ0n) is 26.6. The zero-order chi connectivity index (χ0) is 32.1. The van der Waals surface area contributed by atoms with Crippen molar-refractivity contribution < 1.29 is 0 Å². The molecule has 228 valence electrons. The average Bonchev–Trinajstić information content (AvgIpc) is 3.81. The first-order valence-electron chi connectivity index (χ1n) is 16.9. The summed E-state index contributed by atoms with van der Waals surface area (Å²) in [4.78, 5) is 3.66. The minimum Gasteiger partial charge on any atom is -0.354 e. The lowest BCUT2D eigenvalue weighted by Crippen LogP contribution is -1.95. The molecule has 0 aliphatic rings. The molecule has 0 aliphatic carbocycles. The second kappa shape index (κ2) is 9.96. The first-order chi connectivity index (χ1) is 24.3. The van der Waals surface area contributed by atoms with E-state index >= 15 is 0 Å². The number of rotatable bonds is 3. The first-order valence-corrected chi connectivity index (χ1v) is 16.9. The summed E-state index contributed by atoms with van der Waals surface area (Å²) in [5, 5.41) is 10.0. The zero-order valence-corrected chi connectivity index (χ0v) is 26.6. The molecule has 3 nitrogen and oxygen atoms in total. The van der Waals surface area contributed by atoms with Gasteiger partial charge in [0, 0.05) is 54.4 Å². The van der Waals surface area contributed by atoms with Crippen molar-refractivity contribution in [2.45, 2.75) is 0 Å². The number of hydrogen-bond donors (Lipinski definition) is 1. The number of H-pyrrole nitrogens is 1. The van der Waals surface area contributed by atoms with Gasteiger partial charge in [0.25, 0.3) is 0 Å². The Bertz CT molecular complexity index is 3110. The number of para-hydroxylation sites is 3. The normalized spacial score (nSPS) is 12.1. The molecule has 11 aromatic rings. The van der Waals surface area contributed by atoms with Crippen molar-refractivity contribution in [2.75, 3.05) is 0 Å². The van der Waals surface area contributed by atoms with Crippen LogP contribution in [0.15, 0.2) is 170 Å². The molecule has 0 saturated carbocycles. The smallest absolute Gasteiger partial charge is 0.0547 e. The van der Waals surface area contributed by atoms with E-state index in [4.69, 9.17) is 0 Å². The molecule has 0 amide bonds. The van der Waals surface area contributed by atoms with E-state index in [9.17, 15) is 0 Å². The van der Waals surface area contributed by atoms with Crippen LogP contribution in [0.3, 0.4) is 0 Å². The molecule has 3 aromatic heterocycles. The van der Waals surface area contributed by atoms with Crippen molar-refractivity contribution in [1.29, 1.82) is 0 Å². The van der Waals surface area contributed by atoms with Gasteiger partial charge in [-0.05, 0) is 65.0 Å². The van der Waals surface area contributed by atoms with Crippen LogP contribution < -0.4 is 0 Å². The molecule has 0 fully saturated rings. The van der Waals surface area contributed by atoms with E-state index in [0.29, 0.717) is 0 Å². The molecule has 0 radical (unpaired) electrons. The van der Waals surface area contributed by atoms with Gasteiger partial charge in [0.05, 0.1) is 27.8 Å². The Morgan fingerprint density at radius 3 is 1.61 bits per heavy atom. The number of aromatic nitrogens is 3. The maximum Gasteiger partial charge on any atom is 0.0547 e. The average molecular weight is 624 g/mol. The van der Waals surface area contributed by atoms with E-state index < -0.39 is 0 Å². The molecule has 1 N–H and O–H groups in total. The van der Waals surface area contributed by atoms with Gasteiger partial charge in [-0.15, -0.1) is 0 Å². The molecule has 8 aromatic carbocycles. The fourth-order valence-electron chi connectivity index (χ4n) is 8.22. The molecule has 0 unspecified atom stereocenters. The minimum absolute atomic E-state index is 1.15. The molecule has 11 rings (SSSR count). The number of nitrogens with zero attached hydrogens (tertiary/aromatic N) is 2. The summed E-state index contributed by atoms with van der Waals surface area (Å²) in [5.74, 6) is 0. The van der Waals surface area contributed by atoms with Gasteiger partial charge < -0.3 is 14.1 Å². The van der Waals surface area contributed by atoms with Crippen LogP contribution in [-0.2, 0) is 0 Å². The van der Waals surface area contributed by atoms with Crippen LogP contribution in [0.4, 0.5) is 0 Å².